The van der Waals surface area contributed by atoms with E-state index in [1.165, 1.54) is 0 Å². The first-order valence-corrected chi connectivity index (χ1v) is 15.6. The molecule has 0 bridgehead atoms. The Labute approximate surface area is 212 Å². The molecule has 1 aromatic rings. The predicted molar refractivity (Wildman–Crippen MR) is 133 cm³/mol. The second-order valence-corrected chi connectivity index (χ2v) is 16.3. The number of urea groups is 1. The highest BCUT2D eigenvalue weighted by Gasteiger charge is 2.77. The minimum absolute atomic E-state index is 0.0331. The second-order valence-electron chi connectivity index (χ2n) is 11.5. The molecule has 196 valence electrons. The number of benzene rings is 1. The van der Waals surface area contributed by atoms with Gasteiger partial charge in [-0.25, -0.2) is 9.18 Å². The first-order valence-electron chi connectivity index (χ1n) is 12.6. The Morgan fingerprint density at radius 1 is 1.19 bits per heavy atom. The maximum Gasteiger partial charge on any atom is 0.331 e. The van der Waals surface area contributed by atoms with Crippen molar-refractivity contribution in [3.63, 3.8) is 0 Å². The monoisotopic (exact) mass is 518 g/mol. The standard InChI is InChI=1S/C26H35FN2O6Si/c1-7-8-9-10-11-18(30)29-21-19-20(26(21,27)23(32)28-24(29)33)16-13-12-15(14-17(16)34-22(19)31)35-36(5,6)25(2,3)4/h12-14,19-21H,7-11H2,1-6H3,(H,28,32,33)/t19-,20+,21-,26-/m1/s1. The maximum atomic E-state index is 16.5. The summed E-state index contributed by atoms with van der Waals surface area (Å²) in [7, 11) is -2.18. The van der Waals surface area contributed by atoms with E-state index in [1.807, 2.05) is 12.2 Å². The minimum atomic E-state index is -2.62. The first kappa shape index (κ1) is 26.3. The minimum Gasteiger partial charge on any atom is -0.543 e. The van der Waals surface area contributed by atoms with Crippen LogP contribution in [0.4, 0.5) is 9.18 Å². The molecule has 10 heteroatoms. The normalized spacial score (nSPS) is 27.2. The zero-order chi connectivity index (χ0) is 26.6. The average Bonchev–Trinajstić information content (AvgIpc) is 2.76. The lowest BCUT2D eigenvalue weighted by molar-refractivity contribution is -0.186. The van der Waals surface area contributed by atoms with Crippen molar-refractivity contribution in [2.75, 3.05) is 0 Å². The van der Waals surface area contributed by atoms with E-state index in [0.29, 0.717) is 17.7 Å². The highest BCUT2D eigenvalue weighted by Crippen LogP contribution is 2.61. The summed E-state index contributed by atoms with van der Waals surface area (Å²) in [5, 5.41) is 1.94. The fourth-order valence-corrected chi connectivity index (χ4v) is 6.12. The molecule has 0 unspecified atom stereocenters. The third-order valence-corrected chi connectivity index (χ3v) is 12.5. The number of carbonyl (C=O) groups is 4. The van der Waals surface area contributed by atoms with E-state index in [-0.39, 0.29) is 17.2 Å². The summed E-state index contributed by atoms with van der Waals surface area (Å²) in [6.07, 6.45) is 3.27. The average molecular weight is 519 g/mol. The summed E-state index contributed by atoms with van der Waals surface area (Å²) in [6.45, 7) is 12.5. The number of hydrogen-bond acceptors (Lipinski definition) is 6. The van der Waals surface area contributed by atoms with Crippen LogP contribution in [0.15, 0.2) is 18.2 Å². The van der Waals surface area contributed by atoms with E-state index in [1.54, 1.807) is 18.2 Å². The van der Waals surface area contributed by atoms with Crippen molar-refractivity contribution in [1.29, 1.82) is 0 Å². The number of amides is 4. The van der Waals surface area contributed by atoms with Crippen molar-refractivity contribution in [3.8, 4) is 11.5 Å². The van der Waals surface area contributed by atoms with Gasteiger partial charge in [-0.1, -0.05) is 53.0 Å². The number of nitrogens with one attached hydrogen (secondary N) is 1. The van der Waals surface area contributed by atoms with Crippen LogP contribution in [0.2, 0.25) is 18.1 Å². The van der Waals surface area contributed by atoms with Gasteiger partial charge < -0.3 is 9.16 Å². The van der Waals surface area contributed by atoms with E-state index < -0.39 is 55.7 Å². The van der Waals surface area contributed by atoms with Crippen molar-refractivity contribution in [1.82, 2.24) is 10.2 Å². The number of carbonyl (C=O) groups excluding carboxylic acids is 4. The van der Waals surface area contributed by atoms with Crippen molar-refractivity contribution < 1.29 is 32.7 Å². The number of nitrogens with zero attached hydrogens (tertiary/aromatic N) is 1. The van der Waals surface area contributed by atoms with Crippen LogP contribution < -0.4 is 14.5 Å². The lowest BCUT2D eigenvalue weighted by Gasteiger charge is -2.59. The highest BCUT2D eigenvalue weighted by molar-refractivity contribution is 6.74. The van der Waals surface area contributed by atoms with Gasteiger partial charge in [0, 0.05) is 24.0 Å². The van der Waals surface area contributed by atoms with Crippen LogP contribution in [0.25, 0.3) is 0 Å². The Bertz CT molecular complexity index is 1120. The van der Waals surface area contributed by atoms with Crippen LogP contribution in [0, 0.1) is 5.92 Å². The molecule has 3 aliphatic rings. The van der Waals surface area contributed by atoms with Gasteiger partial charge in [-0.3, -0.25) is 24.6 Å². The van der Waals surface area contributed by atoms with Crippen LogP contribution >= 0.6 is 0 Å². The van der Waals surface area contributed by atoms with Crippen molar-refractivity contribution >= 4 is 32.1 Å². The third-order valence-electron chi connectivity index (χ3n) is 8.14. The number of alkyl halides is 1. The number of esters is 1. The molecule has 1 N–H and O–H groups in total. The Morgan fingerprint density at radius 3 is 2.53 bits per heavy atom. The molecule has 0 aromatic heterocycles. The lowest BCUT2D eigenvalue weighted by atomic mass is 9.53. The SMILES string of the molecule is CCCCCCC(=O)N1C(=O)NC(=O)[C@@]2(F)[C@H]3c4ccc(O[Si](C)(C)C(C)(C)C)cc4OC(=O)[C@H]3[C@@H]12. The molecule has 1 saturated heterocycles. The molecule has 1 aliphatic carbocycles. The maximum absolute atomic E-state index is 16.5. The third kappa shape index (κ3) is 4.03. The van der Waals surface area contributed by atoms with Gasteiger partial charge in [-0.2, -0.15) is 0 Å². The van der Waals surface area contributed by atoms with Gasteiger partial charge in [-0.15, -0.1) is 0 Å². The van der Waals surface area contributed by atoms with Crippen LogP contribution in [-0.2, 0) is 14.4 Å². The molecule has 4 atom stereocenters. The Hall–Kier alpha value is -2.75. The number of rotatable bonds is 7. The van der Waals surface area contributed by atoms with Gasteiger partial charge in [0.25, 0.3) is 5.91 Å². The van der Waals surface area contributed by atoms with E-state index in [0.717, 1.165) is 24.2 Å². The van der Waals surface area contributed by atoms with Crippen LogP contribution in [-0.4, -0.2) is 48.7 Å². The number of fused-ring (bicyclic) bond motifs is 6. The van der Waals surface area contributed by atoms with Gasteiger partial charge >= 0.3 is 12.0 Å². The smallest absolute Gasteiger partial charge is 0.331 e. The molecule has 0 spiro atoms. The number of unbranched alkanes of at least 4 members (excludes halogenated alkanes) is 3. The summed E-state index contributed by atoms with van der Waals surface area (Å²) in [5.41, 5.74) is -2.27. The van der Waals surface area contributed by atoms with Crippen molar-refractivity contribution in [3.05, 3.63) is 23.8 Å². The number of hydrogen-bond donors (Lipinski definition) is 1. The fourth-order valence-electron chi connectivity index (χ4n) is 5.10. The van der Waals surface area contributed by atoms with E-state index in [4.69, 9.17) is 9.16 Å². The van der Waals surface area contributed by atoms with E-state index in [2.05, 4.69) is 33.9 Å². The Balaban J connectivity index is 1.64. The molecule has 1 saturated carbocycles. The van der Waals surface area contributed by atoms with Crippen LogP contribution in [0.3, 0.4) is 0 Å². The molecule has 0 radical (unpaired) electrons. The topological polar surface area (TPSA) is 102 Å². The van der Waals surface area contributed by atoms with Gasteiger partial charge in [0.15, 0.2) is 0 Å². The molecule has 8 nitrogen and oxygen atoms in total. The molecular weight excluding hydrogens is 483 g/mol. The summed E-state index contributed by atoms with van der Waals surface area (Å²) in [6, 6.07) is 2.35. The molecule has 2 heterocycles. The molecule has 2 fully saturated rings. The quantitative estimate of drug-likeness (QED) is 0.240. The number of imide groups is 2. The van der Waals surface area contributed by atoms with E-state index in [9.17, 15) is 19.2 Å². The van der Waals surface area contributed by atoms with Gasteiger partial charge in [0.1, 0.15) is 11.5 Å². The molecule has 4 rings (SSSR count). The molecular formula is C26H35FN2O6Si. The van der Waals surface area contributed by atoms with Crippen molar-refractivity contribution in [2.45, 2.75) is 95.6 Å². The number of ether oxygens (including phenoxy) is 1. The second kappa shape index (κ2) is 8.97. The molecule has 2 aliphatic heterocycles. The summed E-state index contributed by atoms with van der Waals surface area (Å²) in [4.78, 5) is 52.1. The lowest BCUT2D eigenvalue weighted by Crippen LogP contribution is -2.82. The summed E-state index contributed by atoms with van der Waals surface area (Å²) in [5.74, 6) is -4.16. The van der Waals surface area contributed by atoms with Gasteiger partial charge in [0.2, 0.25) is 19.9 Å². The predicted octanol–water partition coefficient (Wildman–Crippen LogP) is 4.83. The zero-order valence-corrected chi connectivity index (χ0v) is 22.8. The molecule has 1 aromatic carbocycles. The van der Waals surface area contributed by atoms with Crippen molar-refractivity contribution in [2.24, 2.45) is 5.92 Å². The first-order chi connectivity index (χ1) is 16.7. The zero-order valence-electron chi connectivity index (χ0n) is 21.8. The van der Waals surface area contributed by atoms with E-state index >= 15 is 4.39 Å². The fraction of sp³-hybridized carbons (Fsp3) is 0.615. The molecule has 36 heavy (non-hydrogen) atoms. The Morgan fingerprint density at radius 2 is 1.89 bits per heavy atom. The Kier molecular flexibility index (Phi) is 6.56. The summed E-state index contributed by atoms with van der Waals surface area (Å²) < 4.78 is 28.4. The summed E-state index contributed by atoms with van der Waals surface area (Å²) >= 11 is 0. The largest absolute Gasteiger partial charge is 0.543 e. The van der Waals surface area contributed by atoms with Crippen LogP contribution in [0.5, 0.6) is 11.5 Å². The van der Waals surface area contributed by atoms with Gasteiger partial charge in [-0.05, 0) is 30.6 Å². The highest BCUT2D eigenvalue weighted by atomic mass is 28.4. The van der Waals surface area contributed by atoms with Gasteiger partial charge in [0.05, 0.1) is 12.0 Å². The number of halogens is 1. The molecule has 4 amide bonds. The van der Waals surface area contributed by atoms with Crippen LogP contribution in [0.1, 0.15) is 71.3 Å².